The van der Waals surface area contributed by atoms with Crippen molar-refractivity contribution in [2.45, 2.75) is 19.0 Å². The van der Waals surface area contributed by atoms with E-state index in [1.165, 1.54) is 18.9 Å². The number of esters is 1. The highest BCUT2D eigenvalue weighted by Crippen LogP contribution is 2.36. The molecule has 0 unspecified atom stereocenters. The average Bonchev–Trinajstić information content (AvgIpc) is 3.03. The molecule has 0 fully saturated rings. The first kappa shape index (κ1) is 19.4. The summed E-state index contributed by atoms with van der Waals surface area (Å²) in [6.45, 7) is 3.78. The molecule has 3 rings (SSSR count). The fourth-order valence-corrected chi connectivity index (χ4v) is 3.76. The molecule has 0 saturated carbocycles. The van der Waals surface area contributed by atoms with Gasteiger partial charge in [-0.1, -0.05) is 11.8 Å². The van der Waals surface area contributed by atoms with Crippen LogP contribution in [0.15, 0.2) is 32.4 Å². The number of methoxy groups -OCH3 is 1. The lowest BCUT2D eigenvalue weighted by Gasteiger charge is -2.15. The molecular weight excluding hydrogens is 436 g/mol. The van der Waals surface area contributed by atoms with Gasteiger partial charge in [-0.15, -0.1) is 10.2 Å². The van der Waals surface area contributed by atoms with Gasteiger partial charge in [0.05, 0.1) is 29.5 Å². The van der Waals surface area contributed by atoms with E-state index in [-0.39, 0.29) is 18.1 Å². The van der Waals surface area contributed by atoms with Crippen molar-refractivity contribution in [3.63, 3.8) is 0 Å². The molecule has 8 nitrogen and oxygen atoms in total. The van der Waals surface area contributed by atoms with Gasteiger partial charge in [0.15, 0.2) is 17.3 Å². The van der Waals surface area contributed by atoms with Gasteiger partial charge in [-0.3, -0.25) is 0 Å². The normalized spacial score (nSPS) is 13.8. The van der Waals surface area contributed by atoms with Crippen LogP contribution < -0.4 is 4.74 Å². The molecule has 0 bridgehead atoms. The fourth-order valence-electron chi connectivity index (χ4n) is 2.43. The van der Waals surface area contributed by atoms with Gasteiger partial charge in [0.1, 0.15) is 0 Å². The largest absolute Gasteiger partial charge is 0.503 e. The Bertz CT molecular complexity index is 955. The third-order valence-corrected chi connectivity index (χ3v) is 5.25. The van der Waals surface area contributed by atoms with Crippen LogP contribution in [-0.4, -0.2) is 51.1 Å². The van der Waals surface area contributed by atoms with Crippen LogP contribution in [0.3, 0.4) is 0 Å². The van der Waals surface area contributed by atoms with Gasteiger partial charge in [0, 0.05) is 5.75 Å². The lowest BCUT2D eigenvalue weighted by atomic mass is 10.1. The minimum atomic E-state index is -0.478. The SMILES string of the molecule is CCOC(=O)C(=Cc1cc(Br)c(O)c(OC)c1)C1=Nn2c(C)nnc2SC1. The number of aryl methyl sites for hydroxylation is 1. The summed E-state index contributed by atoms with van der Waals surface area (Å²) in [4.78, 5) is 12.6. The van der Waals surface area contributed by atoms with Crippen LogP contribution in [0.4, 0.5) is 0 Å². The molecular formula is C17H17BrN4O4S. The van der Waals surface area contributed by atoms with Gasteiger partial charge >= 0.3 is 5.97 Å². The number of carbonyl (C=O) groups excluding carboxylic acids is 1. The van der Waals surface area contributed by atoms with E-state index < -0.39 is 5.97 Å². The molecule has 1 aliphatic heterocycles. The van der Waals surface area contributed by atoms with Crippen LogP contribution >= 0.6 is 27.7 Å². The highest BCUT2D eigenvalue weighted by molar-refractivity contribution is 9.10. The summed E-state index contributed by atoms with van der Waals surface area (Å²) in [6, 6.07) is 3.31. The number of nitrogens with zero attached hydrogens (tertiary/aromatic N) is 4. The van der Waals surface area contributed by atoms with Crippen LogP contribution in [0.5, 0.6) is 11.5 Å². The van der Waals surface area contributed by atoms with Crippen molar-refractivity contribution in [1.29, 1.82) is 0 Å². The molecule has 142 valence electrons. The van der Waals surface area contributed by atoms with E-state index in [1.54, 1.807) is 36.7 Å². The van der Waals surface area contributed by atoms with E-state index in [0.717, 1.165) is 0 Å². The van der Waals surface area contributed by atoms with Crippen molar-refractivity contribution >= 4 is 45.4 Å². The molecule has 10 heteroatoms. The number of hydrogen-bond acceptors (Lipinski definition) is 8. The van der Waals surface area contributed by atoms with Crippen molar-refractivity contribution in [2.75, 3.05) is 19.5 Å². The molecule has 1 N–H and O–H groups in total. The lowest BCUT2D eigenvalue weighted by molar-refractivity contribution is -0.137. The monoisotopic (exact) mass is 452 g/mol. The average molecular weight is 453 g/mol. The summed E-state index contributed by atoms with van der Waals surface area (Å²) in [6.07, 6.45) is 1.66. The molecule has 0 saturated heterocycles. The highest BCUT2D eigenvalue weighted by atomic mass is 79.9. The van der Waals surface area contributed by atoms with Gasteiger partial charge in [0.2, 0.25) is 5.16 Å². The van der Waals surface area contributed by atoms with Crippen molar-refractivity contribution in [1.82, 2.24) is 14.9 Å². The number of carbonyl (C=O) groups is 1. The number of aromatic nitrogens is 3. The van der Waals surface area contributed by atoms with E-state index in [1.807, 2.05) is 0 Å². The van der Waals surface area contributed by atoms with E-state index in [2.05, 4.69) is 31.2 Å². The molecule has 0 aliphatic carbocycles. The Morgan fingerprint density at radius 3 is 2.93 bits per heavy atom. The fraction of sp³-hybridized carbons (Fsp3) is 0.294. The summed E-state index contributed by atoms with van der Waals surface area (Å²) >= 11 is 4.73. The second-order valence-corrected chi connectivity index (χ2v) is 7.31. The minimum absolute atomic E-state index is 0.0114. The predicted molar refractivity (Wildman–Crippen MR) is 105 cm³/mol. The first-order chi connectivity index (χ1) is 12.9. The number of halogens is 1. The van der Waals surface area contributed by atoms with Gasteiger partial charge < -0.3 is 14.6 Å². The first-order valence-electron chi connectivity index (χ1n) is 8.03. The number of thioether (sulfide) groups is 1. The third kappa shape index (κ3) is 4.01. The summed E-state index contributed by atoms with van der Waals surface area (Å²) in [5.41, 5.74) is 1.53. The summed E-state index contributed by atoms with van der Waals surface area (Å²) < 4.78 is 12.4. The van der Waals surface area contributed by atoms with Gasteiger partial charge in [-0.25, -0.2) is 4.79 Å². The number of benzene rings is 1. The predicted octanol–water partition coefficient (Wildman–Crippen LogP) is 3.02. The quantitative estimate of drug-likeness (QED) is 0.549. The molecule has 2 aromatic rings. The maximum Gasteiger partial charge on any atom is 0.340 e. The molecule has 2 heterocycles. The second kappa shape index (κ2) is 8.13. The summed E-state index contributed by atoms with van der Waals surface area (Å²) in [5.74, 6) is 0.888. The Hall–Kier alpha value is -2.33. The molecule has 0 spiro atoms. The second-order valence-electron chi connectivity index (χ2n) is 5.51. The maximum absolute atomic E-state index is 12.6. The van der Waals surface area contributed by atoms with Crippen LogP contribution in [-0.2, 0) is 9.53 Å². The number of fused-ring (bicyclic) bond motifs is 1. The number of hydrogen-bond donors (Lipinski definition) is 1. The summed E-state index contributed by atoms with van der Waals surface area (Å²) in [5, 5.41) is 23.2. The minimum Gasteiger partial charge on any atom is -0.503 e. The Labute approximate surface area is 168 Å². The standard InChI is InChI=1S/C17H17BrN4O4S/c1-4-26-16(24)11(5-10-6-12(18)15(23)14(7-10)25-3)13-8-27-17-20-19-9(2)22(17)21-13/h5-7,23H,4,8H2,1-3H3. The van der Waals surface area contributed by atoms with Gasteiger partial charge in [0.25, 0.3) is 0 Å². The van der Waals surface area contributed by atoms with E-state index in [0.29, 0.717) is 38.1 Å². The number of ether oxygens (including phenoxy) is 2. The topological polar surface area (TPSA) is 98.8 Å². The molecule has 1 aromatic heterocycles. The third-order valence-electron chi connectivity index (χ3n) is 3.71. The molecule has 1 aromatic carbocycles. The van der Waals surface area contributed by atoms with Crippen LogP contribution in [0.2, 0.25) is 0 Å². The molecule has 1 aliphatic rings. The number of phenolic OH excluding ortho intramolecular Hbond substituents is 1. The summed E-state index contributed by atoms with van der Waals surface area (Å²) in [7, 11) is 1.46. The molecule has 0 amide bonds. The van der Waals surface area contributed by atoms with Crippen LogP contribution in [0.1, 0.15) is 18.3 Å². The van der Waals surface area contributed by atoms with Crippen molar-refractivity contribution in [3.8, 4) is 11.5 Å². The molecule has 0 atom stereocenters. The van der Waals surface area contributed by atoms with Crippen LogP contribution in [0.25, 0.3) is 6.08 Å². The Kier molecular flexibility index (Phi) is 5.85. The van der Waals surface area contributed by atoms with Gasteiger partial charge in [-0.05, 0) is 53.5 Å². The van der Waals surface area contributed by atoms with E-state index in [9.17, 15) is 9.90 Å². The Morgan fingerprint density at radius 2 is 2.22 bits per heavy atom. The maximum atomic E-state index is 12.6. The highest BCUT2D eigenvalue weighted by Gasteiger charge is 2.24. The lowest BCUT2D eigenvalue weighted by Crippen LogP contribution is -2.21. The van der Waals surface area contributed by atoms with E-state index >= 15 is 0 Å². The zero-order chi connectivity index (χ0) is 19.6. The number of aromatic hydroxyl groups is 1. The zero-order valence-electron chi connectivity index (χ0n) is 14.9. The number of phenols is 1. The Morgan fingerprint density at radius 1 is 1.44 bits per heavy atom. The van der Waals surface area contributed by atoms with Crippen molar-refractivity contribution in [2.24, 2.45) is 5.10 Å². The van der Waals surface area contributed by atoms with Gasteiger partial charge in [-0.2, -0.15) is 9.78 Å². The van der Waals surface area contributed by atoms with Crippen LogP contribution in [0, 0.1) is 6.92 Å². The van der Waals surface area contributed by atoms with Crippen molar-refractivity contribution < 1.29 is 19.4 Å². The Balaban J connectivity index is 2.09. The first-order valence-corrected chi connectivity index (χ1v) is 9.80. The van der Waals surface area contributed by atoms with E-state index in [4.69, 9.17) is 9.47 Å². The smallest absolute Gasteiger partial charge is 0.340 e. The van der Waals surface area contributed by atoms with Crippen molar-refractivity contribution in [3.05, 3.63) is 33.6 Å². The molecule has 0 radical (unpaired) electrons. The zero-order valence-corrected chi connectivity index (χ0v) is 17.3. The number of rotatable bonds is 5. The molecule has 27 heavy (non-hydrogen) atoms.